The molecule has 1 heterocycles. The zero-order chi connectivity index (χ0) is 10.8. The molecule has 0 spiro atoms. The van der Waals surface area contributed by atoms with Crippen LogP contribution in [0.5, 0.6) is 5.75 Å². The monoisotopic (exact) mass is 226 g/mol. The van der Waals surface area contributed by atoms with E-state index in [1.807, 2.05) is 0 Å². The largest absolute Gasteiger partial charge is 0.496 e. The lowest BCUT2D eigenvalue weighted by Crippen LogP contribution is -1.91. The van der Waals surface area contributed by atoms with Crippen molar-refractivity contribution in [2.75, 3.05) is 7.11 Å². The molecule has 0 atom stereocenters. The molecule has 0 aliphatic rings. The van der Waals surface area contributed by atoms with Gasteiger partial charge >= 0.3 is 0 Å². The average molecular weight is 226 g/mol. The molecule has 0 saturated carbocycles. The predicted molar refractivity (Wildman–Crippen MR) is 53.6 cm³/mol. The minimum Gasteiger partial charge on any atom is -0.496 e. The molecule has 1 aromatic carbocycles. The lowest BCUT2D eigenvalue weighted by molar-refractivity contribution is 0.410. The summed E-state index contributed by atoms with van der Waals surface area (Å²) in [6.45, 7) is 0. The first-order chi connectivity index (χ1) is 7.22. The highest BCUT2D eigenvalue weighted by Crippen LogP contribution is 2.30. The lowest BCUT2D eigenvalue weighted by Gasteiger charge is -2.04. The number of H-pyrrole nitrogens is 1. The van der Waals surface area contributed by atoms with E-state index in [0.717, 1.165) is 0 Å². The summed E-state index contributed by atoms with van der Waals surface area (Å²) in [5.41, 5.74) is 0.160. The number of aromatic amines is 1. The second-order valence-corrected chi connectivity index (χ2v) is 3.11. The molecule has 15 heavy (non-hydrogen) atoms. The van der Waals surface area contributed by atoms with Crippen molar-refractivity contribution in [3.05, 3.63) is 28.9 Å². The van der Waals surface area contributed by atoms with Crippen LogP contribution in [0.3, 0.4) is 0 Å². The zero-order valence-corrected chi connectivity index (χ0v) is 8.60. The van der Waals surface area contributed by atoms with Crippen LogP contribution >= 0.6 is 12.2 Å². The fourth-order valence-electron chi connectivity index (χ4n) is 1.22. The molecule has 0 aliphatic carbocycles. The first kappa shape index (κ1) is 9.85. The number of aromatic nitrogens is 2. The summed E-state index contributed by atoms with van der Waals surface area (Å²) in [5, 5.41) is 6.16. The highest BCUT2D eigenvalue weighted by atomic mass is 32.1. The van der Waals surface area contributed by atoms with Gasteiger partial charge in [0.1, 0.15) is 17.1 Å². The molecule has 2 rings (SSSR count). The number of nitrogens with one attached hydrogen (secondary N) is 1. The van der Waals surface area contributed by atoms with E-state index in [1.54, 1.807) is 12.1 Å². The highest BCUT2D eigenvalue weighted by molar-refractivity contribution is 7.71. The summed E-state index contributed by atoms with van der Waals surface area (Å²) in [4.78, 5) is 0.0929. The van der Waals surface area contributed by atoms with Crippen molar-refractivity contribution in [3.8, 4) is 17.2 Å². The summed E-state index contributed by atoms with van der Waals surface area (Å²) in [7, 11) is 1.44. The molecule has 0 saturated heterocycles. The van der Waals surface area contributed by atoms with Gasteiger partial charge in [-0.25, -0.2) is 9.49 Å². The molecule has 6 heteroatoms. The zero-order valence-electron chi connectivity index (χ0n) is 7.78. The SMILES string of the molecule is COc1cccc(F)c1-c1n[nH]c(=S)o1. The number of hydrogen-bond acceptors (Lipinski definition) is 4. The van der Waals surface area contributed by atoms with E-state index in [1.165, 1.54) is 13.2 Å². The summed E-state index contributed by atoms with van der Waals surface area (Å²) in [6.07, 6.45) is 0. The van der Waals surface area contributed by atoms with Gasteiger partial charge in [0.25, 0.3) is 10.7 Å². The van der Waals surface area contributed by atoms with Crippen LogP contribution in [-0.2, 0) is 0 Å². The van der Waals surface area contributed by atoms with Gasteiger partial charge in [-0.15, -0.1) is 5.10 Å². The van der Waals surface area contributed by atoms with Crippen LogP contribution in [0.2, 0.25) is 0 Å². The molecule has 2 aromatic rings. The van der Waals surface area contributed by atoms with E-state index >= 15 is 0 Å². The normalized spacial score (nSPS) is 10.3. The Hall–Kier alpha value is -1.69. The molecule has 0 bridgehead atoms. The standard InChI is InChI=1S/C9H7FN2O2S/c1-13-6-4-2-3-5(10)7(6)8-11-12-9(15)14-8/h2-4H,1H3,(H,12,15). The fraction of sp³-hybridized carbons (Fsp3) is 0.111. The molecule has 0 amide bonds. The average Bonchev–Trinajstić information content (AvgIpc) is 2.64. The van der Waals surface area contributed by atoms with Gasteiger partial charge in [-0.2, -0.15) is 0 Å². The number of rotatable bonds is 2. The topological polar surface area (TPSA) is 51.0 Å². The number of ether oxygens (including phenoxy) is 1. The third kappa shape index (κ3) is 1.75. The molecule has 78 valence electrons. The van der Waals surface area contributed by atoms with Crippen molar-refractivity contribution in [1.29, 1.82) is 0 Å². The van der Waals surface area contributed by atoms with Crippen molar-refractivity contribution >= 4 is 12.2 Å². The summed E-state index contributed by atoms with van der Waals surface area (Å²) < 4.78 is 23.5. The maximum Gasteiger partial charge on any atom is 0.284 e. The first-order valence-corrected chi connectivity index (χ1v) is 4.51. The summed E-state index contributed by atoms with van der Waals surface area (Å²) in [6, 6.07) is 4.45. The van der Waals surface area contributed by atoms with Crippen LogP contribution in [0.25, 0.3) is 11.5 Å². The van der Waals surface area contributed by atoms with Gasteiger partial charge in [0.15, 0.2) is 0 Å². The van der Waals surface area contributed by atoms with Crippen molar-refractivity contribution in [1.82, 2.24) is 10.2 Å². The Morgan fingerprint density at radius 3 is 2.93 bits per heavy atom. The predicted octanol–water partition coefficient (Wildman–Crippen LogP) is 2.55. The van der Waals surface area contributed by atoms with Crippen LogP contribution in [0.4, 0.5) is 4.39 Å². The third-order valence-corrected chi connectivity index (χ3v) is 2.02. The maximum atomic E-state index is 13.5. The van der Waals surface area contributed by atoms with Gasteiger partial charge in [0.05, 0.1) is 7.11 Å². The van der Waals surface area contributed by atoms with E-state index in [2.05, 4.69) is 10.2 Å². The summed E-state index contributed by atoms with van der Waals surface area (Å²) >= 11 is 4.71. The number of hydrogen-bond donors (Lipinski definition) is 1. The van der Waals surface area contributed by atoms with Crippen LogP contribution in [0.15, 0.2) is 22.6 Å². The first-order valence-electron chi connectivity index (χ1n) is 4.10. The van der Waals surface area contributed by atoms with Gasteiger partial charge in [0.2, 0.25) is 0 Å². The minimum atomic E-state index is -0.473. The number of benzene rings is 1. The van der Waals surface area contributed by atoms with Crippen LogP contribution < -0.4 is 4.74 Å². The molecule has 0 unspecified atom stereocenters. The number of nitrogens with zero attached hydrogens (tertiary/aromatic N) is 1. The smallest absolute Gasteiger partial charge is 0.284 e. The molecule has 1 N–H and O–H groups in total. The van der Waals surface area contributed by atoms with Gasteiger partial charge < -0.3 is 9.15 Å². The van der Waals surface area contributed by atoms with E-state index in [0.29, 0.717) is 5.75 Å². The van der Waals surface area contributed by atoms with Crippen molar-refractivity contribution in [2.24, 2.45) is 0 Å². The Morgan fingerprint density at radius 2 is 2.33 bits per heavy atom. The molecular weight excluding hydrogens is 219 g/mol. The molecule has 1 aromatic heterocycles. The molecule has 4 nitrogen and oxygen atoms in total. The van der Waals surface area contributed by atoms with Crippen molar-refractivity contribution < 1.29 is 13.5 Å². The van der Waals surface area contributed by atoms with E-state index in [9.17, 15) is 4.39 Å². The van der Waals surface area contributed by atoms with Gasteiger partial charge in [0, 0.05) is 0 Å². The quantitative estimate of drug-likeness (QED) is 0.799. The van der Waals surface area contributed by atoms with Crippen molar-refractivity contribution in [3.63, 3.8) is 0 Å². The minimum absolute atomic E-state index is 0.0787. The third-order valence-electron chi connectivity index (χ3n) is 1.85. The Kier molecular flexibility index (Phi) is 2.51. The Bertz CT molecular complexity index is 535. The molecule has 0 radical (unpaired) electrons. The highest BCUT2D eigenvalue weighted by Gasteiger charge is 2.15. The lowest BCUT2D eigenvalue weighted by atomic mass is 10.2. The van der Waals surface area contributed by atoms with E-state index in [-0.39, 0.29) is 16.3 Å². The van der Waals surface area contributed by atoms with Gasteiger partial charge in [-0.05, 0) is 24.4 Å². The molecular formula is C9H7FN2O2S. The Morgan fingerprint density at radius 1 is 1.53 bits per heavy atom. The molecule has 0 aliphatic heterocycles. The second-order valence-electron chi connectivity index (χ2n) is 2.74. The second kappa shape index (κ2) is 3.82. The van der Waals surface area contributed by atoms with Crippen molar-refractivity contribution in [2.45, 2.75) is 0 Å². The van der Waals surface area contributed by atoms with E-state index < -0.39 is 5.82 Å². The molecule has 0 fully saturated rings. The van der Waals surface area contributed by atoms with Gasteiger partial charge in [-0.1, -0.05) is 6.07 Å². The van der Waals surface area contributed by atoms with Crippen LogP contribution in [-0.4, -0.2) is 17.3 Å². The Labute approximate surface area is 89.7 Å². The fourth-order valence-corrected chi connectivity index (χ4v) is 1.34. The van der Waals surface area contributed by atoms with Crippen LogP contribution in [0, 0.1) is 10.7 Å². The van der Waals surface area contributed by atoms with Crippen LogP contribution in [0.1, 0.15) is 0 Å². The summed E-state index contributed by atoms with van der Waals surface area (Å²) in [5.74, 6) is -0.0465. The Balaban J connectivity index is 2.65. The maximum absolute atomic E-state index is 13.5. The number of methoxy groups -OCH3 is 1. The van der Waals surface area contributed by atoms with E-state index in [4.69, 9.17) is 21.4 Å². The number of halogens is 1. The van der Waals surface area contributed by atoms with Gasteiger partial charge in [-0.3, -0.25) is 0 Å².